The molecule has 2 nitrogen and oxygen atoms in total. The SMILES string of the molecule is CC(C)CCOCCOc1cccc(CCl)c1. The van der Waals surface area contributed by atoms with Gasteiger partial charge in [0.05, 0.1) is 6.61 Å². The van der Waals surface area contributed by atoms with Crippen LogP contribution in [0.2, 0.25) is 0 Å². The molecular weight excluding hydrogens is 236 g/mol. The van der Waals surface area contributed by atoms with Crippen molar-refractivity contribution in [1.82, 2.24) is 0 Å². The van der Waals surface area contributed by atoms with Gasteiger partial charge in [-0.25, -0.2) is 0 Å². The molecule has 1 aromatic carbocycles. The lowest BCUT2D eigenvalue weighted by molar-refractivity contribution is 0.0925. The third-order valence-corrected chi connectivity index (χ3v) is 2.70. The number of hydrogen-bond acceptors (Lipinski definition) is 2. The standard InChI is InChI=1S/C14H21ClO2/c1-12(2)6-7-16-8-9-17-14-5-3-4-13(10-14)11-15/h3-5,10,12H,6-9,11H2,1-2H3. The molecule has 0 aliphatic carbocycles. The molecule has 17 heavy (non-hydrogen) atoms. The first-order chi connectivity index (χ1) is 8.22. The first-order valence-electron chi connectivity index (χ1n) is 6.08. The molecular formula is C14H21ClO2. The summed E-state index contributed by atoms with van der Waals surface area (Å²) in [5.74, 6) is 2.06. The van der Waals surface area contributed by atoms with E-state index < -0.39 is 0 Å². The molecule has 0 aromatic heterocycles. The maximum absolute atomic E-state index is 5.75. The maximum Gasteiger partial charge on any atom is 0.119 e. The van der Waals surface area contributed by atoms with Crippen LogP contribution in [0.1, 0.15) is 25.8 Å². The topological polar surface area (TPSA) is 18.5 Å². The minimum Gasteiger partial charge on any atom is -0.491 e. The van der Waals surface area contributed by atoms with Gasteiger partial charge in [0.25, 0.3) is 0 Å². The molecule has 0 saturated heterocycles. The molecule has 0 bridgehead atoms. The van der Waals surface area contributed by atoms with E-state index in [1.165, 1.54) is 0 Å². The second-order valence-electron chi connectivity index (χ2n) is 4.42. The minimum atomic E-state index is 0.516. The van der Waals surface area contributed by atoms with Crippen molar-refractivity contribution < 1.29 is 9.47 Å². The third-order valence-electron chi connectivity index (χ3n) is 2.39. The Morgan fingerprint density at radius 3 is 2.71 bits per heavy atom. The van der Waals surface area contributed by atoms with Gasteiger partial charge in [-0.1, -0.05) is 26.0 Å². The van der Waals surface area contributed by atoms with Gasteiger partial charge in [-0.2, -0.15) is 0 Å². The number of alkyl halides is 1. The summed E-state index contributed by atoms with van der Waals surface area (Å²) in [5.41, 5.74) is 1.07. The molecule has 96 valence electrons. The molecule has 0 aliphatic heterocycles. The van der Waals surface area contributed by atoms with Gasteiger partial charge in [-0.15, -0.1) is 11.6 Å². The fraction of sp³-hybridized carbons (Fsp3) is 0.571. The molecule has 0 spiro atoms. The van der Waals surface area contributed by atoms with E-state index in [0.29, 0.717) is 25.0 Å². The molecule has 1 rings (SSSR count). The number of rotatable bonds is 8. The average molecular weight is 257 g/mol. The largest absolute Gasteiger partial charge is 0.491 e. The second kappa shape index (κ2) is 8.37. The van der Waals surface area contributed by atoms with Gasteiger partial charge in [0.15, 0.2) is 0 Å². The molecule has 0 unspecified atom stereocenters. The molecule has 0 fully saturated rings. The Morgan fingerprint density at radius 1 is 1.18 bits per heavy atom. The first-order valence-corrected chi connectivity index (χ1v) is 6.61. The van der Waals surface area contributed by atoms with Crippen LogP contribution in [0.15, 0.2) is 24.3 Å². The van der Waals surface area contributed by atoms with Crippen molar-refractivity contribution in [3.05, 3.63) is 29.8 Å². The molecule has 0 saturated carbocycles. The summed E-state index contributed by atoms with van der Waals surface area (Å²) in [7, 11) is 0. The van der Waals surface area contributed by atoms with E-state index in [1.807, 2.05) is 24.3 Å². The first kappa shape index (κ1) is 14.3. The van der Waals surface area contributed by atoms with Gasteiger partial charge in [0.1, 0.15) is 12.4 Å². The van der Waals surface area contributed by atoms with Gasteiger partial charge >= 0.3 is 0 Å². The fourth-order valence-electron chi connectivity index (χ4n) is 1.36. The van der Waals surface area contributed by atoms with E-state index in [1.54, 1.807) is 0 Å². The van der Waals surface area contributed by atoms with E-state index in [2.05, 4.69) is 13.8 Å². The molecule has 0 aliphatic rings. The number of hydrogen-bond donors (Lipinski definition) is 0. The highest BCUT2D eigenvalue weighted by molar-refractivity contribution is 6.17. The lowest BCUT2D eigenvalue weighted by Gasteiger charge is -2.09. The van der Waals surface area contributed by atoms with Crippen LogP contribution >= 0.6 is 11.6 Å². The molecule has 0 heterocycles. The Balaban J connectivity index is 2.13. The van der Waals surface area contributed by atoms with Gasteiger partial charge in [-0.05, 0) is 30.0 Å². The van der Waals surface area contributed by atoms with Gasteiger partial charge < -0.3 is 9.47 Å². The van der Waals surface area contributed by atoms with Crippen LogP contribution in [0.3, 0.4) is 0 Å². The summed E-state index contributed by atoms with van der Waals surface area (Å²) in [6.07, 6.45) is 1.10. The Labute approximate surface area is 109 Å². The summed E-state index contributed by atoms with van der Waals surface area (Å²) in [6, 6.07) is 7.83. The van der Waals surface area contributed by atoms with Crippen LogP contribution in [-0.2, 0) is 10.6 Å². The van der Waals surface area contributed by atoms with Gasteiger partial charge in [-0.3, -0.25) is 0 Å². The van der Waals surface area contributed by atoms with Crippen LogP contribution in [0.5, 0.6) is 5.75 Å². The zero-order chi connectivity index (χ0) is 12.5. The highest BCUT2D eigenvalue weighted by Crippen LogP contribution is 2.14. The zero-order valence-electron chi connectivity index (χ0n) is 10.6. The van der Waals surface area contributed by atoms with Crippen molar-refractivity contribution in [2.75, 3.05) is 19.8 Å². The predicted molar refractivity (Wildman–Crippen MR) is 71.8 cm³/mol. The Kier molecular flexibility index (Phi) is 7.06. The fourth-order valence-corrected chi connectivity index (χ4v) is 1.52. The van der Waals surface area contributed by atoms with Crippen LogP contribution in [0.4, 0.5) is 0 Å². The van der Waals surface area contributed by atoms with Crippen molar-refractivity contribution in [3.8, 4) is 5.75 Å². The number of halogens is 1. The van der Waals surface area contributed by atoms with E-state index in [9.17, 15) is 0 Å². The maximum atomic E-state index is 5.75. The van der Waals surface area contributed by atoms with Crippen molar-refractivity contribution >= 4 is 11.6 Å². The van der Waals surface area contributed by atoms with E-state index >= 15 is 0 Å². The van der Waals surface area contributed by atoms with Crippen molar-refractivity contribution in [2.45, 2.75) is 26.1 Å². The van der Waals surface area contributed by atoms with E-state index in [4.69, 9.17) is 21.1 Å². The third kappa shape index (κ3) is 6.54. The normalized spacial score (nSPS) is 10.8. The van der Waals surface area contributed by atoms with Gasteiger partial charge in [0, 0.05) is 12.5 Å². The summed E-state index contributed by atoms with van der Waals surface area (Å²) < 4.78 is 11.0. The smallest absolute Gasteiger partial charge is 0.119 e. The van der Waals surface area contributed by atoms with Crippen LogP contribution in [0, 0.1) is 5.92 Å². The van der Waals surface area contributed by atoms with Crippen molar-refractivity contribution in [1.29, 1.82) is 0 Å². The summed E-state index contributed by atoms with van der Waals surface area (Å²) in [4.78, 5) is 0. The van der Waals surface area contributed by atoms with Gasteiger partial charge in [0.2, 0.25) is 0 Å². The molecule has 0 radical (unpaired) electrons. The lowest BCUT2D eigenvalue weighted by Crippen LogP contribution is -2.08. The molecule has 1 aromatic rings. The average Bonchev–Trinajstić information content (AvgIpc) is 2.33. The Bertz CT molecular complexity index is 313. The zero-order valence-corrected chi connectivity index (χ0v) is 11.4. The summed E-state index contributed by atoms with van der Waals surface area (Å²) in [5, 5.41) is 0. The monoisotopic (exact) mass is 256 g/mol. The molecule has 0 N–H and O–H groups in total. The lowest BCUT2D eigenvalue weighted by atomic mass is 10.1. The molecule has 0 amide bonds. The number of benzene rings is 1. The number of ether oxygens (including phenoxy) is 2. The molecule has 3 heteroatoms. The molecule has 0 atom stereocenters. The minimum absolute atomic E-state index is 0.516. The van der Waals surface area contributed by atoms with Crippen LogP contribution < -0.4 is 4.74 Å². The highest BCUT2D eigenvalue weighted by Gasteiger charge is 1.97. The van der Waals surface area contributed by atoms with Crippen LogP contribution in [0.25, 0.3) is 0 Å². The Hall–Kier alpha value is -0.730. The van der Waals surface area contributed by atoms with E-state index in [0.717, 1.165) is 24.3 Å². The van der Waals surface area contributed by atoms with Crippen molar-refractivity contribution in [2.24, 2.45) is 5.92 Å². The summed E-state index contributed by atoms with van der Waals surface area (Å²) >= 11 is 5.75. The highest BCUT2D eigenvalue weighted by atomic mass is 35.5. The van der Waals surface area contributed by atoms with E-state index in [-0.39, 0.29) is 0 Å². The predicted octanol–water partition coefficient (Wildman–Crippen LogP) is 3.87. The summed E-state index contributed by atoms with van der Waals surface area (Å²) in [6.45, 7) is 6.42. The van der Waals surface area contributed by atoms with Crippen LogP contribution in [-0.4, -0.2) is 19.8 Å². The van der Waals surface area contributed by atoms with Crippen molar-refractivity contribution in [3.63, 3.8) is 0 Å². The second-order valence-corrected chi connectivity index (χ2v) is 4.69. The Morgan fingerprint density at radius 2 is 2.00 bits per heavy atom. The quantitative estimate of drug-likeness (QED) is 0.519.